The Bertz CT molecular complexity index is 975. The summed E-state index contributed by atoms with van der Waals surface area (Å²) in [5.74, 6) is -0.146. The number of nitrogens with one attached hydrogen (secondary N) is 2. The molecule has 0 atom stereocenters. The number of amidine groups is 1. The Morgan fingerprint density at radius 3 is 2.48 bits per heavy atom. The number of likely N-dealkylation sites (tertiary alicyclic amines) is 1. The molecule has 1 aliphatic heterocycles. The van der Waals surface area contributed by atoms with Crippen molar-refractivity contribution in [3.05, 3.63) is 51.9 Å². The van der Waals surface area contributed by atoms with Crippen molar-refractivity contribution >= 4 is 17.7 Å². The molecule has 0 bridgehead atoms. The van der Waals surface area contributed by atoms with Crippen molar-refractivity contribution in [2.75, 3.05) is 20.2 Å². The Hall–Kier alpha value is -3.49. The van der Waals surface area contributed by atoms with Gasteiger partial charge in [-0.2, -0.15) is 0 Å². The molecular formula is C20H23N5O4. The van der Waals surface area contributed by atoms with Crippen molar-refractivity contribution < 1.29 is 14.3 Å². The van der Waals surface area contributed by atoms with Gasteiger partial charge in [-0.1, -0.05) is 24.3 Å². The van der Waals surface area contributed by atoms with Crippen LogP contribution in [0.4, 0.5) is 0 Å². The van der Waals surface area contributed by atoms with Crippen LogP contribution in [-0.2, 0) is 9.53 Å². The van der Waals surface area contributed by atoms with E-state index in [1.165, 1.54) is 13.3 Å². The molecule has 0 aliphatic carbocycles. The van der Waals surface area contributed by atoms with Gasteiger partial charge in [0, 0.05) is 36.8 Å². The van der Waals surface area contributed by atoms with Crippen LogP contribution in [0, 0.1) is 11.3 Å². The third-order valence-corrected chi connectivity index (χ3v) is 5.08. The maximum Gasteiger partial charge on any atom is 0.305 e. The molecule has 152 valence electrons. The Kier molecular flexibility index (Phi) is 6.06. The van der Waals surface area contributed by atoms with Gasteiger partial charge in [0.15, 0.2) is 0 Å². The number of aromatic nitrogens is 2. The van der Waals surface area contributed by atoms with Gasteiger partial charge in [0.2, 0.25) is 0 Å². The molecule has 2 aromatic rings. The molecule has 0 radical (unpaired) electrons. The topological polar surface area (TPSA) is 142 Å². The first-order chi connectivity index (χ1) is 13.9. The molecular weight excluding hydrogens is 374 g/mol. The van der Waals surface area contributed by atoms with E-state index in [1.54, 1.807) is 29.2 Å². The van der Waals surface area contributed by atoms with Gasteiger partial charge in [-0.05, 0) is 18.8 Å². The van der Waals surface area contributed by atoms with E-state index in [2.05, 4.69) is 14.7 Å². The number of nitrogen functional groups attached to an aromatic ring is 1. The van der Waals surface area contributed by atoms with E-state index in [0.29, 0.717) is 49.3 Å². The van der Waals surface area contributed by atoms with Crippen molar-refractivity contribution in [1.29, 1.82) is 5.41 Å². The number of nitrogens with zero attached hydrogens (tertiary/aromatic N) is 2. The van der Waals surface area contributed by atoms with Crippen LogP contribution in [0.3, 0.4) is 0 Å². The van der Waals surface area contributed by atoms with E-state index in [4.69, 9.17) is 11.1 Å². The maximum atomic E-state index is 12.7. The Morgan fingerprint density at radius 1 is 1.28 bits per heavy atom. The average molecular weight is 397 g/mol. The van der Waals surface area contributed by atoms with Crippen LogP contribution in [0.1, 0.15) is 35.2 Å². The Balaban J connectivity index is 1.69. The molecule has 29 heavy (non-hydrogen) atoms. The summed E-state index contributed by atoms with van der Waals surface area (Å²) in [6.07, 6.45) is 3.01. The molecule has 1 fully saturated rings. The predicted octanol–water partition coefficient (Wildman–Crippen LogP) is 1.14. The minimum Gasteiger partial charge on any atom is -0.469 e. The summed E-state index contributed by atoms with van der Waals surface area (Å²) in [6, 6.07) is 6.72. The quantitative estimate of drug-likeness (QED) is 0.392. The molecule has 3 rings (SSSR count). The van der Waals surface area contributed by atoms with Crippen molar-refractivity contribution in [1.82, 2.24) is 14.9 Å². The van der Waals surface area contributed by atoms with E-state index < -0.39 is 5.56 Å². The fraction of sp³-hybridized carbons (Fsp3) is 0.350. The van der Waals surface area contributed by atoms with Gasteiger partial charge in [0.25, 0.3) is 11.5 Å². The summed E-state index contributed by atoms with van der Waals surface area (Å²) >= 11 is 0. The van der Waals surface area contributed by atoms with Gasteiger partial charge < -0.3 is 20.4 Å². The smallest absolute Gasteiger partial charge is 0.305 e. The van der Waals surface area contributed by atoms with Crippen LogP contribution >= 0.6 is 0 Å². The molecule has 1 saturated heterocycles. The van der Waals surface area contributed by atoms with Crippen LogP contribution < -0.4 is 11.3 Å². The standard InChI is InChI=1S/C20H23N5O4/c1-29-16(26)10-12-6-8-25(9-7-12)20(28)15-11-23-18(24-19(15)27)14-4-2-13(3-5-14)17(21)22/h2-5,11-12H,6-10H2,1H3,(H3,21,22)(H,23,24,27). The number of ether oxygens (including phenoxy) is 1. The van der Waals surface area contributed by atoms with Gasteiger partial charge in [0.1, 0.15) is 17.2 Å². The molecule has 9 heteroatoms. The zero-order chi connectivity index (χ0) is 21.0. The maximum absolute atomic E-state index is 12.7. The monoisotopic (exact) mass is 397 g/mol. The number of H-pyrrole nitrogens is 1. The van der Waals surface area contributed by atoms with Crippen molar-refractivity contribution in [2.24, 2.45) is 11.7 Å². The normalized spacial score (nSPS) is 14.4. The third-order valence-electron chi connectivity index (χ3n) is 5.08. The van der Waals surface area contributed by atoms with Gasteiger partial charge in [-0.15, -0.1) is 0 Å². The van der Waals surface area contributed by atoms with E-state index in [1.807, 2.05) is 0 Å². The molecule has 2 heterocycles. The van der Waals surface area contributed by atoms with Crippen LogP contribution in [0.15, 0.2) is 35.3 Å². The lowest BCUT2D eigenvalue weighted by molar-refractivity contribution is -0.142. The fourth-order valence-electron chi connectivity index (χ4n) is 3.33. The number of esters is 1. The highest BCUT2D eigenvalue weighted by Crippen LogP contribution is 2.22. The average Bonchev–Trinajstić information content (AvgIpc) is 2.73. The summed E-state index contributed by atoms with van der Waals surface area (Å²) in [7, 11) is 1.36. The molecule has 0 saturated carbocycles. The first kappa shape index (κ1) is 20.2. The highest BCUT2D eigenvalue weighted by atomic mass is 16.5. The van der Waals surface area contributed by atoms with Gasteiger partial charge >= 0.3 is 5.97 Å². The van der Waals surface area contributed by atoms with Crippen LogP contribution in [0.2, 0.25) is 0 Å². The number of carbonyl (C=O) groups is 2. The van der Waals surface area contributed by atoms with Crippen molar-refractivity contribution in [3.63, 3.8) is 0 Å². The summed E-state index contributed by atoms with van der Waals surface area (Å²) < 4.78 is 4.69. The molecule has 4 N–H and O–H groups in total. The van der Waals surface area contributed by atoms with Crippen molar-refractivity contribution in [2.45, 2.75) is 19.3 Å². The number of hydrogen-bond donors (Lipinski definition) is 3. The lowest BCUT2D eigenvalue weighted by Gasteiger charge is -2.31. The third kappa shape index (κ3) is 4.68. The number of hydrogen-bond acceptors (Lipinski definition) is 6. The van der Waals surface area contributed by atoms with Crippen LogP contribution in [0.5, 0.6) is 0 Å². The number of amides is 1. The SMILES string of the molecule is COC(=O)CC1CCN(C(=O)c2cnc(-c3ccc(C(=N)N)cc3)[nH]c2=O)CC1. The molecule has 1 aliphatic rings. The number of methoxy groups -OCH3 is 1. The summed E-state index contributed by atoms with van der Waals surface area (Å²) in [5, 5.41) is 7.41. The largest absolute Gasteiger partial charge is 0.469 e. The highest BCUT2D eigenvalue weighted by molar-refractivity contribution is 5.95. The second-order valence-electron chi connectivity index (χ2n) is 6.98. The summed E-state index contributed by atoms with van der Waals surface area (Å²) in [6.45, 7) is 0.961. The molecule has 1 aromatic heterocycles. The highest BCUT2D eigenvalue weighted by Gasteiger charge is 2.27. The number of carbonyl (C=O) groups excluding carboxylic acids is 2. The predicted molar refractivity (Wildman–Crippen MR) is 107 cm³/mol. The van der Waals surface area contributed by atoms with Gasteiger partial charge in [-0.3, -0.25) is 19.8 Å². The minimum absolute atomic E-state index is 0.0134. The molecule has 9 nitrogen and oxygen atoms in total. The lowest BCUT2D eigenvalue weighted by Crippen LogP contribution is -2.41. The van der Waals surface area contributed by atoms with Crippen LogP contribution in [-0.4, -0.2) is 52.8 Å². The Morgan fingerprint density at radius 2 is 1.93 bits per heavy atom. The Labute approximate surface area is 167 Å². The summed E-state index contributed by atoms with van der Waals surface area (Å²) in [5.41, 5.74) is 6.13. The van der Waals surface area contributed by atoms with Gasteiger partial charge in [0.05, 0.1) is 7.11 Å². The molecule has 0 spiro atoms. The van der Waals surface area contributed by atoms with E-state index in [-0.39, 0.29) is 29.2 Å². The number of benzene rings is 1. The zero-order valence-electron chi connectivity index (χ0n) is 16.1. The first-order valence-electron chi connectivity index (χ1n) is 9.29. The zero-order valence-corrected chi connectivity index (χ0v) is 16.1. The fourth-order valence-corrected chi connectivity index (χ4v) is 3.33. The number of aromatic amines is 1. The second kappa shape index (κ2) is 8.68. The minimum atomic E-state index is -0.507. The first-order valence-corrected chi connectivity index (χ1v) is 9.29. The number of piperidine rings is 1. The van der Waals surface area contributed by atoms with Gasteiger partial charge in [-0.25, -0.2) is 4.98 Å². The van der Waals surface area contributed by atoms with Crippen LogP contribution in [0.25, 0.3) is 11.4 Å². The molecule has 1 amide bonds. The number of rotatable bonds is 5. The van der Waals surface area contributed by atoms with Crippen molar-refractivity contribution in [3.8, 4) is 11.4 Å². The molecule has 0 unspecified atom stereocenters. The van der Waals surface area contributed by atoms with E-state index >= 15 is 0 Å². The summed E-state index contributed by atoms with van der Waals surface area (Å²) in [4.78, 5) is 45.0. The van der Waals surface area contributed by atoms with E-state index in [0.717, 1.165) is 0 Å². The second-order valence-corrected chi connectivity index (χ2v) is 6.98. The molecule has 1 aromatic carbocycles. The van der Waals surface area contributed by atoms with E-state index in [9.17, 15) is 14.4 Å². The number of nitrogens with two attached hydrogens (primary N) is 1. The lowest BCUT2D eigenvalue weighted by atomic mass is 9.93.